The summed E-state index contributed by atoms with van der Waals surface area (Å²) in [6.45, 7) is 5.45. The van der Waals surface area contributed by atoms with Gasteiger partial charge in [-0.15, -0.1) is 21.5 Å². The molecule has 0 aliphatic heterocycles. The highest BCUT2D eigenvalue weighted by Crippen LogP contribution is 2.29. The average Bonchev–Trinajstić information content (AvgIpc) is 3.49. The van der Waals surface area contributed by atoms with Crippen molar-refractivity contribution in [3.63, 3.8) is 0 Å². The summed E-state index contributed by atoms with van der Waals surface area (Å²) in [7, 11) is 1.78. The minimum atomic E-state index is -0.429. The zero-order chi connectivity index (χ0) is 27.4. The van der Waals surface area contributed by atoms with Crippen molar-refractivity contribution in [2.45, 2.75) is 32.0 Å². The number of nitro groups is 1. The molecule has 4 rings (SSSR count). The number of benzene rings is 2. The topological polar surface area (TPSA) is 145 Å². The molecule has 0 aliphatic carbocycles. The Balaban J connectivity index is 1.33. The van der Waals surface area contributed by atoms with Crippen LogP contribution in [0.3, 0.4) is 0 Å². The predicted molar refractivity (Wildman–Crippen MR) is 146 cm³/mol. The zero-order valence-electron chi connectivity index (χ0n) is 21.1. The fraction of sp³-hybridized carbons (Fsp3) is 0.240. The molecule has 0 saturated heterocycles. The third-order valence-corrected chi connectivity index (χ3v) is 7.48. The van der Waals surface area contributed by atoms with Gasteiger partial charge in [0, 0.05) is 35.2 Å². The molecule has 2 heterocycles. The monoisotopic (exact) mass is 551 g/mol. The van der Waals surface area contributed by atoms with E-state index in [9.17, 15) is 19.7 Å². The smallest absolute Gasteiger partial charge is 0.272 e. The van der Waals surface area contributed by atoms with Gasteiger partial charge in [-0.25, -0.2) is 4.98 Å². The molecule has 0 bridgehead atoms. The van der Waals surface area contributed by atoms with Gasteiger partial charge in [0.25, 0.3) is 11.6 Å². The summed E-state index contributed by atoms with van der Waals surface area (Å²) in [6, 6.07) is 11.8. The van der Waals surface area contributed by atoms with Crippen molar-refractivity contribution in [1.82, 2.24) is 25.1 Å². The van der Waals surface area contributed by atoms with E-state index in [1.54, 1.807) is 48.2 Å². The molecule has 2 aromatic carbocycles. The summed E-state index contributed by atoms with van der Waals surface area (Å²) in [4.78, 5) is 40.2. The summed E-state index contributed by atoms with van der Waals surface area (Å²) in [5, 5.41) is 27.9. The number of nitro benzene ring substituents is 1. The summed E-state index contributed by atoms with van der Waals surface area (Å²) in [5.74, 6) is 0.138. The first-order valence-electron chi connectivity index (χ1n) is 11.5. The van der Waals surface area contributed by atoms with Gasteiger partial charge in [-0.05, 0) is 32.9 Å². The van der Waals surface area contributed by atoms with Crippen LogP contribution in [0.4, 0.5) is 10.8 Å². The van der Waals surface area contributed by atoms with Gasteiger partial charge >= 0.3 is 0 Å². The van der Waals surface area contributed by atoms with E-state index < -0.39 is 11.0 Å². The number of carbonyl (C=O) groups is 2. The molecule has 0 fully saturated rings. The fourth-order valence-corrected chi connectivity index (χ4v) is 5.05. The number of thiazole rings is 1. The zero-order valence-corrected chi connectivity index (χ0v) is 22.7. The second kappa shape index (κ2) is 11.5. The molecule has 2 aromatic heterocycles. The molecule has 0 saturated carbocycles. The van der Waals surface area contributed by atoms with Gasteiger partial charge in [0.15, 0.2) is 16.1 Å². The second-order valence-corrected chi connectivity index (χ2v) is 10.4. The minimum Gasteiger partial charge on any atom is -0.342 e. The maximum Gasteiger partial charge on any atom is 0.272 e. The summed E-state index contributed by atoms with van der Waals surface area (Å²) >= 11 is 2.44. The molecule has 11 nitrogen and oxygen atoms in total. The van der Waals surface area contributed by atoms with Crippen LogP contribution in [0.1, 0.15) is 40.3 Å². The van der Waals surface area contributed by atoms with E-state index in [0.29, 0.717) is 38.5 Å². The first-order valence-corrected chi connectivity index (χ1v) is 13.4. The average molecular weight is 552 g/mol. The van der Waals surface area contributed by atoms with Crippen LogP contribution in [0.2, 0.25) is 0 Å². The van der Waals surface area contributed by atoms with Crippen LogP contribution in [-0.2, 0) is 11.8 Å². The molecule has 0 unspecified atom stereocenters. The molecule has 0 aliphatic rings. The quantitative estimate of drug-likeness (QED) is 0.173. The van der Waals surface area contributed by atoms with E-state index in [-0.39, 0.29) is 23.3 Å². The maximum absolute atomic E-state index is 12.5. The number of aromatic nitrogens is 4. The summed E-state index contributed by atoms with van der Waals surface area (Å²) in [6.07, 6.45) is 0. The van der Waals surface area contributed by atoms with Crippen LogP contribution in [0.25, 0.3) is 11.3 Å². The highest BCUT2D eigenvalue weighted by molar-refractivity contribution is 7.99. The van der Waals surface area contributed by atoms with Crippen molar-refractivity contribution in [3.05, 3.63) is 80.5 Å². The lowest BCUT2D eigenvalue weighted by Crippen LogP contribution is -2.28. The highest BCUT2D eigenvalue weighted by Gasteiger charge is 2.20. The number of aryl methyl sites for hydroxylation is 2. The van der Waals surface area contributed by atoms with Crippen LogP contribution < -0.4 is 10.6 Å². The maximum atomic E-state index is 12.5. The number of nitrogens with one attached hydrogen (secondary N) is 2. The molecular formula is C25H25N7O4S2. The van der Waals surface area contributed by atoms with Crippen molar-refractivity contribution in [3.8, 4) is 11.3 Å². The Morgan fingerprint density at radius 2 is 1.89 bits per heavy atom. The van der Waals surface area contributed by atoms with Crippen LogP contribution >= 0.6 is 23.1 Å². The van der Waals surface area contributed by atoms with E-state index in [1.165, 1.54) is 29.2 Å². The number of rotatable bonds is 9. The standard InChI is InChI=1S/C25H25N7O4S2/c1-14-5-8-17(9-6-14)23(34)26-16(3)22-29-30-25(31(22)4)38-13-21(33)28-24-27-19(12-37-24)18-10-7-15(2)20(11-18)32(35)36/h5-12,16H,13H2,1-4H3,(H,26,34)(H,27,28,33)/t16-/m1/s1. The third-order valence-electron chi connectivity index (χ3n) is 5.70. The molecule has 0 radical (unpaired) electrons. The van der Waals surface area contributed by atoms with Gasteiger partial charge < -0.3 is 15.2 Å². The lowest BCUT2D eigenvalue weighted by atomic mass is 10.1. The molecular weight excluding hydrogens is 526 g/mol. The molecule has 1 atom stereocenters. The van der Waals surface area contributed by atoms with Gasteiger partial charge in [-0.1, -0.05) is 41.6 Å². The predicted octanol–water partition coefficient (Wildman–Crippen LogP) is 4.69. The van der Waals surface area contributed by atoms with Gasteiger partial charge in [0.05, 0.1) is 22.4 Å². The van der Waals surface area contributed by atoms with Crippen LogP contribution in [-0.4, -0.2) is 42.2 Å². The summed E-state index contributed by atoms with van der Waals surface area (Å²) in [5.41, 5.74) is 3.35. The Kier molecular flexibility index (Phi) is 8.17. The minimum absolute atomic E-state index is 0.0181. The van der Waals surface area contributed by atoms with Crippen molar-refractivity contribution in [2.75, 3.05) is 11.1 Å². The molecule has 38 heavy (non-hydrogen) atoms. The van der Waals surface area contributed by atoms with E-state index in [0.717, 1.165) is 5.56 Å². The Bertz CT molecular complexity index is 1500. The largest absolute Gasteiger partial charge is 0.342 e. The highest BCUT2D eigenvalue weighted by atomic mass is 32.2. The molecule has 2 amide bonds. The lowest BCUT2D eigenvalue weighted by Gasteiger charge is -2.13. The lowest BCUT2D eigenvalue weighted by molar-refractivity contribution is -0.385. The van der Waals surface area contributed by atoms with Crippen molar-refractivity contribution in [1.29, 1.82) is 0 Å². The van der Waals surface area contributed by atoms with E-state index in [1.807, 2.05) is 26.0 Å². The number of thioether (sulfide) groups is 1. The van der Waals surface area contributed by atoms with Crippen LogP contribution in [0, 0.1) is 24.0 Å². The molecule has 196 valence electrons. The molecule has 4 aromatic rings. The van der Waals surface area contributed by atoms with Gasteiger partial charge in [0.1, 0.15) is 0 Å². The Morgan fingerprint density at radius 3 is 2.61 bits per heavy atom. The van der Waals surface area contributed by atoms with Crippen LogP contribution in [0.5, 0.6) is 0 Å². The van der Waals surface area contributed by atoms with E-state index in [4.69, 9.17) is 0 Å². The first-order chi connectivity index (χ1) is 18.1. The Labute approximate surface area is 226 Å². The number of nitrogens with zero attached hydrogens (tertiary/aromatic N) is 5. The van der Waals surface area contributed by atoms with Gasteiger partial charge in [0.2, 0.25) is 5.91 Å². The van der Waals surface area contributed by atoms with Crippen molar-refractivity contribution >= 4 is 45.7 Å². The molecule has 0 spiro atoms. The number of amides is 2. The first kappa shape index (κ1) is 26.9. The summed E-state index contributed by atoms with van der Waals surface area (Å²) < 4.78 is 1.74. The molecule has 2 N–H and O–H groups in total. The van der Waals surface area contributed by atoms with Crippen molar-refractivity contribution < 1.29 is 14.5 Å². The SMILES string of the molecule is Cc1ccc(C(=O)N[C@H](C)c2nnc(SCC(=O)Nc3nc(-c4ccc(C)c([N+](=O)[O-])c4)cs3)n2C)cc1. The number of hydrogen-bond acceptors (Lipinski definition) is 9. The second-order valence-electron chi connectivity index (χ2n) is 8.59. The van der Waals surface area contributed by atoms with Gasteiger partial charge in [-0.3, -0.25) is 19.7 Å². The fourth-order valence-electron chi connectivity index (χ4n) is 3.59. The normalized spacial score (nSPS) is 11.7. The van der Waals surface area contributed by atoms with E-state index in [2.05, 4.69) is 25.8 Å². The molecule has 13 heteroatoms. The number of hydrogen-bond donors (Lipinski definition) is 2. The third kappa shape index (κ3) is 6.23. The van der Waals surface area contributed by atoms with Crippen molar-refractivity contribution in [2.24, 2.45) is 7.05 Å². The number of anilines is 1. The van der Waals surface area contributed by atoms with Gasteiger partial charge in [-0.2, -0.15) is 0 Å². The Morgan fingerprint density at radius 1 is 1.16 bits per heavy atom. The number of carbonyl (C=O) groups excluding carboxylic acids is 2. The van der Waals surface area contributed by atoms with E-state index >= 15 is 0 Å². The Hall–Kier alpha value is -4.10. The van der Waals surface area contributed by atoms with Crippen LogP contribution in [0.15, 0.2) is 53.0 Å².